The van der Waals surface area contributed by atoms with E-state index in [2.05, 4.69) is 29.2 Å². The topological polar surface area (TPSA) is 18.5 Å². The zero-order valence-corrected chi connectivity index (χ0v) is 13.5. The second-order valence-electron chi connectivity index (χ2n) is 6.19. The van der Waals surface area contributed by atoms with E-state index < -0.39 is 0 Å². The summed E-state index contributed by atoms with van der Waals surface area (Å²) in [7, 11) is 6.29. The van der Waals surface area contributed by atoms with Gasteiger partial charge in [0.2, 0.25) is 0 Å². The fourth-order valence-corrected chi connectivity index (χ4v) is 3.23. The Morgan fingerprint density at radius 1 is 1.43 bits per heavy atom. The minimum absolute atomic E-state index is 0.0787. The van der Waals surface area contributed by atoms with Crippen molar-refractivity contribution in [1.82, 2.24) is 15.1 Å². The Kier molecular flexibility index (Phi) is 6.15. The monoisotopic (exact) mass is 293 g/mol. The second kappa shape index (κ2) is 7.87. The van der Waals surface area contributed by atoms with Gasteiger partial charge in [-0.3, -0.25) is 0 Å². The highest BCUT2D eigenvalue weighted by atomic mass is 19.1. The van der Waals surface area contributed by atoms with E-state index in [0.29, 0.717) is 6.04 Å². The Morgan fingerprint density at radius 2 is 2.19 bits per heavy atom. The average molecular weight is 293 g/mol. The van der Waals surface area contributed by atoms with Crippen LogP contribution in [0, 0.1) is 5.82 Å². The van der Waals surface area contributed by atoms with Crippen LogP contribution in [0.1, 0.15) is 30.9 Å². The van der Waals surface area contributed by atoms with E-state index >= 15 is 0 Å². The van der Waals surface area contributed by atoms with Gasteiger partial charge in [-0.1, -0.05) is 18.2 Å². The molecular weight excluding hydrogens is 265 g/mol. The van der Waals surface area contributed by atoms with Gasteiger partial charge in [-0.2, -0.15) is 0 Å². The molecule has 1 aliphatic heterocycles. The molecule has 1 aromatic rings. The van der Waals surface area contributed by atoms with Crippen molar-refractivity contribution in [3.05, 3.63) is 35.6 Å². The minimum Gasteiger partial charge on any atom is -0.313 e. The van der Waals surface area contributed by atoms with Gasteiger partial charge in [0.1, 0.15) is 5.82 Å². The number of hydrogen-bond acceptors (Lipinski definition) is 3. The fourth-order valence-electron chi connectivity index (χ4n) is 3.23. The number of rotatable bonds is 6. The molecule has 1 aromatic carbocycles. The highest BCUT2D eigenvalue weighted by molar-refractivity contribution is 5.21. The third kappa shape index (κ3) is 4.50. The van der Waals surface area contributed by atoms with Crippen molar-refractivity contribution < 1.29 is 4.39 Å². The van der Waals surface area contributed by atoms with Crippen molar-refractivity contribution in [2.24, 2.45) is 0 Å². The predicted molar refractivity (Wildman–Crippen MR) is 86.0 cm³/mol. The number of piperidine rings is 1. The van der Waals surface area contributed by atoms with Gasteiger partial charge in [-0.05, 0) is 59.6 Å². The number of likely N-dealkylation sites (tertiary alicyclic amines) is 1. The van der Waals surface area contributed by atoms with Crippen molar-refractivity contribution in [1.29, 1.82) is 0 Å². The third-order valence-electron chi connectivity index (χ3n) is 4.62. The molecule has 2 rings (SSSR count). The molecule has 0 bridgehead atoms. The molecule has 21 heavy (non-hydrogen) atoms. The summed E-state index contributed by atoms with van der Waals surface area (Å²) in [6.07, 6.45) is 3.47. The van der Waals surface area contributed by atoms with E-state index in [1.807, 2.05) is 19.2 Å². The molecule has 3 nitrogen and oxygen atoms in total. The first-order valence-corrected chi connectivity index (χ1v) is 7.92. The van der Waals surface area contributed by atoms with E-state index in [4.69, 9.17) is 0 Å². The van der Waals surface area contributed by atoms with Crippen molar-refractivity contribution in [3.63, 3.8) is 0 Å². The normalized spacial score (nSPS) is 21.7. The van der Waals surface area contributed by atoms with Gasteiger partial charge in [0.15, 0.2) is 0 Å². The Hall–Kier alpha value is -0.970. The first-order valence-electron chi connectivity index (χ1n) is 7.92. The van der Waals surface area contributed by atoms with Crippen LogP contribution in [0.2, 0.25) is 0 Å². The minimum atomic E-state index is -0.114. The maximum Gasteiger partial charge on any atom is 0.127 e. The van der Waals surface area contributed by atoms with Crippen LogP contribution in [-0.2, 0) is 0 Å². The van der Waals surface area contributed by atoms with Crippen molar-refractivity contribution in [2.75, 3.05) is 40.8 Å². The molecule has 1 fully saturated rings. The summed E-state index contributed by atoms with van der Waals surface area (Å²) in [6.45, 7) is 3.33. The van der Waals surface area contributed by atoms with Gasteiger partial charge in [0.05, 0.1) is 0 Å². The summed E-state index contributed by atoms with van der Waals surface area (Å²) >= 11 is 0. The van der Waals surface area contributed by atoms with Gasteiger partial charge in [0.25, 0.3) is 0 Å². The van der Waals surface area contributed by atoms with Gasteiger partial charge in [0, 0.05) is 24.2 Å². The Labute approximate surface area is 128 Å². The molecule has 4 heteroatoms. The predicted octanol–water partition coefficient (Wildman–Crippen LogP) is 2.50. The quantitative estimate of drug-likeness (QED) is 0.869. The Bertz CT molecular complexity index is 438. The molecule has 0 amide bonds. The van der Waals surface area contributed by atoms with Crippen LogP contribution in [-0.4, -0.2) is 56.6 Å². The van der Waals surface area contributed by atoms with Crippen LogP contribution in [0.25, 0.3) is 0 Å². The molecule has 0 saturated carbocycles. The maximum atomic E-state index is 13.9. The first-order chi connectivity index (χ1) is 10.1. The average Bonchev–Trinajstić information content (AvgIpc) is 2.49. The van der Waals surface area contributed by atoms with Crippen LogP contribution in [0.5, 0.6) is 0 Å². The molecule has 0 radical (unpaired) electrons. The van der Waals surface area contributed by atoms with Gasteiger partial charge >= 0.3 is 0 Å². The van der Waals surface area contributed by atoms with E-state index in [9.17, 15) is 4.39 Å². The molecule has 0 spiro atoms. The van der Waals surface area contributed by atoms with Crippen molar-refractivity contribution in [3.8, 4) is 0 Å². The molecule has 118 valence electrons. The van der Waals surface area contributed by atoms with E-state index in [0.717, 1.165) is 25.1 Å². The molecular formula is C17H28FN3. The number of halogens is 1. The van der Waals surface area contributed by atoms with Gasteiger partial charge in [-0.15, -0.1) is 0 Å². The number of benzene rings is 1. The van der Waals surface area contributed by atoms with E-state index in [1.165, 1.54) is 19.4 Å². The zero-order valence-electron chi connectivity index (χ0n) is 13.5. The summed E-state index contributed by atoms with van der Waals surface area (Å²) in [5, 5.41) is 3.25. The Morgan fingerprint density at radius 3 is 2.86 bits per heavy atom. The van der Waals surface area contributed by atoms with E-state index in [-0.39, 0.29) is 11.9 Å². The summed E-state index contributed by atoms with van der Waals surface area (Å²) in [6, 6.07) is 7.78. The van der Waals surface area contributed by atoms with Gasteiger partial charge < -0.3 is 15.1 Å². The lowest BCUT2D eigenvalue weighted by Crippen LogP contribution is -2.45. The van der Waals surface area contributed by atoms with Gasteiger partial charge in [-0.25, -0.2) is 4.39 Å². The number of nitrogens with one attached hydrogen (secondary N) is 1. The number of nitrogens with zero attached hydrogens (tertiary/aromatic N) is 2. The summed E-state index contributed by atoms with van der Waals surface area (Å²) in [4.78, 5) is 4.83. The molecule has 0 aromatic heterocycles. The summed E-state index contributed by atoms with van der Waals surface area (Å²) < 4.78 is 13.9. The van der Waals surface area contributed by atoms with Crippen molar-refractivity contribution >= 4 is 0 Å². The highest BCUT2D eigenvalue weighted by Crippen LogP contribution is 2.21. The lowest BCUT2D eigenvalue weighted by Gasteiger charge is -2.36. The SMILES string of the molecule is CNC(CCN(C)C1CCCN(C)C1)c1ccccc1F. The summed E-state index contributed by atoms with van der Waals surface area (Å²) in [5.41, 5.74) is 0.772. The standard InChI is InChI=1S/C17H28FN3/c1-19-17(15-8-4-5-9-16(15)18)10-12-21(3)14-7-6-11-20(2)13-14/h4-5,8-9,14,17,19H,6-7,10-13H2,1-3H3. The molecule has 1 N–H and O–H groups in total. The van der Waals surface area contributed by atoms with Crippen LogP contribution >= 0.6 is 0 Å². The first kappa shape index (κ1) is 16.4. The Balaban J connectivity index is 1.89. The third-order valence-corrected chi connectivity index (χ3v) is 4.62. The highest BCUT2D eigenvalue weighted by Gasteiger charge is 2.22. The summed E-state index contributed by atoms with van der Waals surface area (Å²) in [5.74, 6) is -0.114. The molecule has 0 aliphatic carbocycles. The molecule has 2 atom stereocenters. The molecule has 1 saturated heterocycles. The second-order valence-corrected chi connectivity index (χ2v) is 6.19. The van der Waals surface area contributed by atoms with Crippen LogP contribution in [0.4, 0.5) is 4.39 Å². The molecule has 1 aliphatic rings. The number of likely N-dealkylation sites (N-methyl/N-ethyl adjacent to an activating group) is 2. The van der Waals surface area contributed by atoms with Crippen molar-refractivity contribution in [2.45, 2.75) is 31.3 Å². The molecule has 2 unspecified atom stereocenters. The van der Waals surface area contributed by atoms with Crippen LogP contribution in [0.15, 0.2) is 24.3 Å². The smallest absolute Gasteiger partial charge is 0.127 e. The molecule has 1 heterocycles. The fraction of sp³-hybridized carbons (Fsp3) is 0.647. The number of hydrogen-bond donors (Lipinski definition) is 1. The maximum absolute atomic E-state index is 13.9. The van der Waals surface area contributed by atoms with E-state index in [1.54, 1.807) is 12.1 Å². The lowest BCUT2D eigenvalue weighted by atomic mass is 10.0. The zero-order chi connectivity index (χ0) is 15.2. The van der Waals surface area contributed by atoms with Crippen LogP contribution < -0.4 is 5.32 Å². The lowest BCUT2D eigenvalue weighted by molar-refractivity contribution is 0.130. The largest absolute Gasteiger partial charge is 0.313 e. The van der Waals surface area contributed by atoms with Crippen LogP contribution in [0.3, 0.4) is 0 Å².